The van der Waals surface area contributed by atoms with Crippen molar-refractivity contribution < 1.29 is 0 Å². The molecule has 0 aliphatic heterocycles. The van der Waals surface area contributed by atoms with Crippen molar-refractivity contribution in [2.75, 3.05) is 6.54 Å². The van der Waals surface area contributed by atoms with Gasteiger partial charge in [0.15, 0.2) is 0 Å². The van der Waals surface area contributed by atoms with Crippen LogP contribution < -0.4 is 10.1 Å². The molecule has 4 heteroatoms. The highest BCUT2D eigenvalue weighted by molar-refractivity contribution is 7.27. The fourth-order valence-electron chi connectivity index (χ4n) is 11.0. The molecule has 2 fully saturated rings. The molecule has 6 unspecified atom stereocenters. The van der Waals surface area contributed by atoms with Gasteiger partial charge in [0, 0.05) is 28.7 Å². The van der Waals surface area contributed by atoms with Gasteiger partial charge in [0.05, 0.1) is 0 Å². The summed E-state index contributed by atoms with van der Waals surface area (Å²) in [5, 5.41) is 5.23. The quantitative estimate of drug-likeness (QED) is 0.192. The van der Waals surface area contributed by atoms with Crippen molar-refractivity contribution in [2.45, 2.75) is 137 Å². The van der Waals surface area contributed by atoms with Crippen molar-refractivity contribution in [3.8, 4) is 0 Å². The number of allylic oxidation sites excluding steroid dienone is 7. The average Bonchev–Trinajstić information content (AvgIpc) is 3.54. The van der Waals surface area contributed by atoms with E-state index in [9.17, 15) is 0 Å². The van der Waals surface area contributed by atoms with E-state index in [1.54, 1.807) is 16.7 Å². The van der Waals surface area contributed by atoms with Crippen molar-refractivity contribution >= 4 is 33.5 Å². The molecule has 1 aromatic carbocycles. The molecule has 293 valence electrons. The summed E-state index contributed by atoms with van der Waals surface area (Å²) in [5.41, 5.74) is 9.82. The first kappa shape index (κ1) is 40.2. The molecule has 2 nitrogen and oxygen atoms in total. The first-order valence-corrected chi connectivity index (χ1v) is 22.5. The second kappa shape index (κ2) is 15.1. The van der Waals surface area contributed by atoms with Gasteiger partial charge in [-0.1, -0.05) is 111 Å². The second-order valence-electron chi connectivity index (χ2n) is 20.8. The molecule has 2 saturated carbocycles. The Labute approximate surface area is 340 Å². The van der Waals surface area contributed by atoms with Gasteiger partial charge in [-0.15, -0.1) is 13.2 Å². The fourth-order valence-corrected chi connectivity index (χ4v) is 12.0. The SMILES string of the molecule is C=CCN(C1=CC(N/C=C/C2C(C=C)C(C)(C)CCC2(C)C)CC=C1)C1=C([B]c2cc3cc4c(cc3s2)C(C)(C)CCC4(C)C)C=C2C(C)CCC(C)C2C1. The number of thiophene rings is 1. The highest BCUT2D eigenvalue weighted by Crippen LogP contribution is 2.54. The van der Waals surface area contributed by atoms with Crippen LogP contribution >= 0.6 is 11.3 Å². The van der Waals surface area contributed by atoms with E-state index < -0.39 is 0 Å². The van der Waals surface area contributed by atoms with Crippen LogP contribution in [0.15, 0.2) is 103 Å². The molecule has 6 atom stereocenters. The van der Waals surface area contributed by atoms with E-state index in [1.807, 2.05) is 11.3 Å². The number of benzene rings is 1. The highest BCUT2D eigenvalue weighted by Gasteiger charge is 2.45. The summed E-state index contributed by atoms with van der Waals surface area (Å²) in [4.78, 5) is 2.59. The van der Waals surface area contributed by atoms with Crippen LogP contribution in [-0.4, -0.2) is 24.8 Å². The Balaban J connectivity index is 1.22. The largest absolute Gasteiger partial charge is 0.385 e. The average molecular weight is 754 g/mol. The van der Waals surface area contributed by atoms with Crippen LogP contribution in [0.25, 0.3) is 10.1 Å². The molecule has 1 heterocycles. The molecule has 5 aliphatic rings. The van der Waals surface area contributed by atoms with E-state index in [0.717, 1.165) is 19.4 Å². The highest BCUT2D eigenvalue weighted by atomic mass is 32.1. The zero-order valence-corrected chi connectivity index (χ0v) is 36.8. The van der Waals surface area contributed by atoms with E-state index in [1.165, 1.54) is 70.3 Å². The number of nitrogens with one attached hydrogen (secondary N) is 1. The summed E-state index contributed by atoms with van der Waals surface area (Å²) in [6, 6.07) is 7.78. The summed E-state index contributed by atoms with van der Waals surface area (Å²) in [7, 11) is 2.52. The monoisotopic (exact) mass is 754 g/mol. The lowest BCUT2D eigenvalue weighted by atomic mass is 9.54. The molecule has 5 aliphatic carbocycles. The van der Waals surface area contributed by atoms with Crippen LogP contribution in [0.5, 0.6) is 0 Å². The topological polar surface area (TPSA) is 15.3 Å². The third kappa shape index (κ3) is 7.85. The fraction of sp³-hybridized carbons (Fsp3) is 0.569. The van der Waals surface area contributed by atoms with Gasteiger partial charge in [-0.05, 0) is 160 Å². The first-order chi connectivity index (χ1) is 25.9. The first-order valence-electron chi connectivity index (χ1n) is 21.6. The Kier molecular flexibility index (Phi) is 11.0. The van der Waals surface area contributed by atoms with Crippen LogP contribution in [-0.2, 0) is 10.8 Å². The summed E-state index contributed by atoms with van der Waals surface area (Å²) in [5.74, 6) is 2.84. The van der Waals surface area contributed by atoms with Crippen LogP contribution in [0.3, 0.4) is 0 Å². The standard InChI is InChI=1S/C51H70BN2S/c1-13-26-54(37-17-15-16-36(29-37)53-25-20-41-40(14-2)48(5,6)21-22-49(41,7)8)45-31-39-34(4)19-18-33(3)38(39)30-44(45)52-47-28-35-27-42-43(32-46(35)55-47)51(11,12)24-23-50(42,9)10/h13-15,17,20,25,27-30,32-34,36,39-41,53H,1-2,16,18-19,21-24,26,31H2,3-12H3/b25-20+. The molecular weight excluding hydrogens is 683 g/mol. The molecule has 0 spiro atoms. The molecule has 0 saturated heterocycles. The molecular formula is C51H70BN2S. The molecule has 0 amide bonds. The van der Waals surface area contributed by atoms with Crippen LogP contribution in [0, 0.1) is 40.4 Å². The van der Waals surface area contributed by atoms with Crippen LogP contribution in [0.1, 0.15) is 132 Å². The second-order valence-corrected chi connectivity index (χ2v) is 22.0. The maximum atomic E-state index is 4.29. The van der Waals surface area contributed by atoms with Gasteiger partial charge in [-0.3, -0.25) is 0 Å². The van der Waals surface area contributed by atoms with Crippen molar-refractivity contribution in [1.29, 1.82) is 0 Å². The predicted octanol–water partition coefficient (Wildman–Crippen LogP) is 12.9. The predicted molar refractivity (Wildman–Crippen MR) is 242 cm³/mol. The van der Waals surface area contributed by atoms with Crippen LogP contribution in [0.2, 0.25) is 0 Å². The summed E-state index contributed by atoms with van der Waals surface area (Å²) in [6.45, 7) is 33.8. The van der Waals surface area contributed by atoms with Gasteiger partial charge >= 0.3 is 0 Å². The number of rotatable bonds is 10. The number of nitrogens with zero attached hydrogens (tertiary/aromatic N) is 1. The van der Waals surface area contributed by atoms with Gasteiger partial charge in [-0.25, -0.2) is 0 Å². The van der Waals surface area contributed by atoms with Gasteiger partial charge in [0.1, 0.15) is 0 Å². The van der Waals surface area contributed by atoms with Gasteiger partial charge in [0.2, 0.25) is 7.28 Å². The molecule has 1 aromatic heterocycles. The Morgan fingerprint density at radius 3 is 2.27 bits per heavy atom. The van der Waals surface area contributed by atoms with E-state index >= 15 is 0 Å². The summed E-state index contributed by atoms with van der Waals surface area (Å²) >= 11 is 1.97. The summed E-state index contributed by atoms with van der Waals surface area (Å²) < 4.78 is 2.77. The van der Waals surface area contributed by atoms with Crippen molar-refractivity contribution in [3.05, 3.63) is 114 Å². The minimum absolute atomic E-state index is 0.212. The molecule has 0 bridgehead atoms. The normalized spacial score (nSPS) is 30.6. The lowest BCUT2D eigenvalue weighted by molar-refractivity contribution is 0.0344. The lowest BCUT2D eigenvalue weighted by Crippen LogP contribution is -2.42. The maximum absolute atomic E-state index is 4.29. The minimum Gasteiger partial charge on any atom is -0.385 e. The number of hydrogen-bond donors (Lipinski definition) is 1. The van der Waals surface area contributed by atoms with Gasteiger partial charge in [0.25, 0.3) is 0 Å². The molecule has 55 heavy (non-hydrogen) atoms. The van der Waals surface area contributed by atoms with Gasteiger partial charge < -0.3 is 10.2 Å². The maximum Gasteiger partial charge on any atom is 0.207 e. The summed E-state index contributed by atoms with van der Waals surface area (Å²) in [6.07, 6.45) is 28.5. The van der Waals surface area contributed by atoms with Crippen LogP contribution in [0.4, 0.5) is 0 Å². The molecule has 1 radical (unpaired) electrons. The minimum atomic E-state index is 0.212. The number of hydrogen-bond acceptors (Lipinski definition) is 3. The zero-order chi connectivity index (χ0) is 39.5. The zero-order valence-electron chi connectivity index (χ0n) is 36.0. The third-order valence-electron chi connectivity index (χ3n) is 15.1. The van der Waals surface area contributed by atoms with E-state index in [-0.39, 0.29) is 27.7 Å². The lowest BCUT2D eigenvalue weighted by Gasteiger charge is -2.50. The molecule has 7 rings (SSSR count). The van der Waals surface area contributed by atoms with Crippen molar-refractivity contribution in [3.63, 3.8) is 0 Å². The molecule has 2 aromatic rings. The van der Waals surface area contributed by atoms with E-state index in [2.05, 4.69) is 167 Å². The Hall–Kier alpha value is -2.98. The third-order valence-corrected chi connectivity index (χ3v) is 16.1. The van der Waals surface area contributed by atoms with Crippen molar-refractivity contribution in [2.24, 2.45) is 40.4 Å². The van der Waals surface area contributed by atoms with Crippen molar-refractivity contribution in [1.82, 2.24) is 10.2 Å². The Bertz CT molecular complexity index is 1900. The smallest absolute Gasteiger partial charge is 0.207 e. The number of fused-ring (bicyclic) bond motifs is 3. The Morgan fingerprint density at radius 1 is 0.891 bits per heavy atom. The van der Waals surface area contributed by atoms with Gasteiger partial charge in [-0.2, -0.15) is 11.3 Å². The van der Waals surface area contributed by atoms with E-state index in [0.29, 0.717) is 29.6 Å². The Morgan fingerprint density at radius 2 is 1.58 bits per heavy atom. The molecule has 1 N–H and O–H groups in total. The van der Waals surface area contributed by atoms with E-state index in [4.69, 9.17) is 0 Å².